The lowest BCUT2D eigenvalue weighted by atomic mass is 9.78. The second-order valence-electron chi connectivity index (χ2n) is 9.32. The molecule has 3 aromatic carbocycles. The van der Waals surface area contributed by atoms with Crippen LogP contribution < -0.4 is 0 Å². The highest BCUT2D eigenvalue weighted by Crippen LogP contribution is 2.34. The minimum atomic E-state index is 0.913. The maximum Gasteiger partial charge on any atom is 0.0249 e. The van der Waals surface area contributed by atoms with Crippen LogP contribution in [-0.4, -0.2) is 0 Å². The van der Waals surface area contributed by atoms with Gasteiger partial charge in [-0.15, -0.1) is 6.58 Å². The minimum absolute atomic E-state index is 0.913. The van der Waals surface area contributed by atoms with E-state index in [2.05, 4.69) is 89.0 Å². The van der Waals surface area contributed by atoms with Crippen LogP contribution in [0.25, 0.3) is 11.1 Å². The summed E-state index contributed by atoms with van der Waals surface area (Å²) < 4.78 is 1.07. The molecule has 1 aliphatic carbocycles. The Balaban J connectivity index is 1.28. The summed E-state index contributed by atoms with van der Waals surface area (Å²) in [5, 5.41) is 0. The molecule has 0 heterocycles. The monoisotopic (exact) mass is 496 g/mol. The SMILES string of the molecule is C=CCC[C@H]1CC[C@H](CCc2ccc(-c3ccc(C#Cc4ccc(Br)cc4)cc3)cc2)CC1. The summed E-state index contributed by atoms with van der Waals surface area (Å²) in [4.78, 5) is 0. The summed E-state index contributed by atoms with van der Waals surface area (Å²) in [6, 6.07) is 25.8. The number of hydrogen-bond acceptors (Lipinski definition) is 0. The van der Waals surface area contributed by atoms with Gasteiger partial charge in [0.1, 0.15) is 0 Å². The van der Waals surface area contributed by atoms with Gasteiger partial charge in [-0.3, -0.25) is 0 Å². The van der Waals surface area contributed by atoms with Crippen molar-refractivity contribution in [3.8, 4) is 23.0 Å². The Morgan fingerprint density at radius 3 is 1.73 bits per heavy atom. The molecule has 0 nitrogen and oxygen atoms in total. The maximum absolute atomic E-state index is 3.87. The molecular formula is C32H33Br. The van der Waals surface area contributed by atoms with E-state index >= 15 is 0 Å². The highest BCUT2D eigenvalue weighted by molar-refractivity contribution is 9.10. The quantitative estimate of drug-likeness (QED) is 0.225. The Morgan fingerprint density at radius 2 is 1.18 bits per heavy atom. The second kappa shape index (κ2) is 12.1. The van der Waals surface area contributed by atoms with Crippen LogP contribution in [-0.2, 0) is 6.42 Å². The number of allylic oxidation sites excluding steroid dienone is 1. The van der Waals surface area contributed by atoms with Gasteiger partial charge in [0.05, 0.1) is 0 Å². The summed E-state index contributed by atoms with van der Waals surface area (Å²) in [6.07, 6.45) is 12.8. The molecule has 4 rings (SSSR count). The number of benzene rings is 3. The van der Waals surface area contributed by atoms with Crippen molar-refractivity contribution in [2.45, 2.75) is 51.4 Å². The molecule has 0 aromatic heterocycles. The highest BCUT2D eigenvalue weighted by atomic mass is 79.9. The molecular weight excluding hydrogens is 464 g/mol. The van der Waals surface area contributed by atoms with Gasteiger partial charge in [-0.1, -0.05) is 95.9 Å². The molecule has 0 bridgehead atoms. The van der Waals surface area contributed by atoms with Crippen LogP contribution in [0.3, 0.4) is 0 Å². The van der Waals surface area contributed by atoms with E-state index in [4.69, 9.17) is 0 Å². The molecule has 0 aliphatic heterocycles. The van der Waals surface area contributed by atoms with Crippen molar-refractivity contribution in [3.05, 3.63) is 107 Å². The third-order valence-electron chi connectivity index (χ3n) is 6.95. The van der Waals surface area contributed by atoms with Gasteiger partial charge in [-0.25, -0.2) is 0 Å². The Hall–Kier alpha value is -2.56. The Bertz CT molecular complexity index is 1070. The third kappa shape index (κ3) is 7.21. The number of halogens is 1. The standard InChI is InChI=1S/C32H33Br/c1-2-3-4-25-5-7-26(8-6-25)9-10-27-13-19-30(20-14-27)31-21-15-28(16-22-31)11-12-29-17-23-32(33)24-18-29/h2,13-26H,1,3-10H2/t25-,26-. The molecule has 1 fully saturated rings. The predicted octanol–water partition coefficient (Wildman–Crippen LogP) is 9.22. The minimum Gasteiger partial charge on any atom is -0.103 e. The summed E-state index contributed by atoms with van der Waals surface area (Å²) in [5.74, 6) is 8.35. The van der Waals surface area contributed by atoms with Gasteiger partial charge in [-0.2, -0.15) is 0 Å². The van der Waals surface area contributed by atoms with Crippen LogP contribution in [0.1, 0.15) is 61.6 Å². The molecule has 1 aliphatic rings. The molecule has 3 aromatic rings. The fourth-order valence-corrected chi connectivity index (χ4v) is 5.08. The fourth-order valence-electron chi connectivity index (χ4n) is 4.82. The van der Waals surface area contributed by atoms with Crippen LogP contribution in [0.4, 0.5) is 0 Å². The van der Waals surface area contributed by atoms with Crippen molar-refractivity contribution in [2.75, 3.05) is 0 Å². The van der Waals surface area contributed by atoms with Crippen LogP contribution >= 0.6 is 15.9 Å². The van der Waals surface area contributed by atoms with Gasteiger partial charge in [0.2, 0.25) is 0 Å². The topological polar surface area (TPSA) is 0 Å². The van der Waals surface area contributed by atoms with Gasteiger partial charge in [0, 0.05) is 15.6 Å². The van der Waals surface area contributed by atoms with Crippen molar-refractivity contribution in [3.63, 3.8) is 0 Å². The van der Waals surface area contributed by atoms with Gasteiger partial charge >= 0.3 is 0 Å². The second-order valence-corrected chi connectivity index (χ2v) is 10.2. The molecule has 33 heavy (non-hydrogen) atoms. The summed E-state index contributed by atoms with van der Waals surface area (Å²) >= 11 is 3.46. The third-order valence-corrected chi connectivity index (χ3v) is 7.48. The Morgan fingerprint density at radius 1 is 0.697 bits per heavy atom. The van der Waals surface area contributed by atoms with E-state index in [1.54, 1.807) is 0 Å². The lowest BCUT2D eigenvalue weighted by molar-refractivity contribution is 0.254. The average Bonchev–Trinajstić information content (AvgIpc) is 2.87. The molecule has 1 saturated carbocycles. The largest absolute Gasteiger partial charge is 0.103 e. The van der Waals surface area contributed by atoms with Crippen LogP contribution in [0.5, 0.6) is 0 Å². The van der Waals surface area contributed by atoms with Crippen molar-refractivity contribution < 1.29 is 0 Å². The number of rotatable bonds is 7. The lowest BCUT2D eigenvalue weighted by Crippen LogP contribution is -2.15. The molecule has 0 unspecified atom stereocenters. The summed E-state index contributed by atoms with van der Waals surface area (Å²) in [7, 11) is 0. The van der Waals surface area contributed by atoms with Gasteiger partial charge in [0.15, 0.2) is 0 Å². The lowest BCUT2D eigenvalue weighted by Gasteiger charge is -2.28. The van der Waals surface area contributed by atoms with E-state index in [0.29, 0.717) is 0 Å². The van der Waals surface area contributed by atoms with Gasteiger partial charge in [0.25, 0.3) is 0 Å². The molecule has 168 valence electrons. The molecule has 0 spiro atoms. The van der Waals surface area contributed by atoms with Gasteiger partial charge < -0.3 is 0 Å². The van der Waals surface area contributed by atoms with Crippen molar-refractivity contribution in [1.82, 2.24) is 0 Å². The van der Waals surface area contributed by atoms with Crippen molar-refractivity contribution in [1.29, 1.82) is 0 Å². The molecule has 0 radical (unpaired) electrons. The van der Waals surface area contributed by atoms with Crippen molar-refractivity contribution in [2.24, 2.45) is 11.8 Å². The van der Waals surface area contributed by atoms with Crippen LogP contribution in [0.15, 0.2) is 89.9 Å². The first-order valence-electron chi connectivity index (χ1n) is 12.3. The Labute approximate surface area is 208 Å². The van der Waals surface area contributed by atoms with E-state index in [1.165, 1.54) is 68.1 Å². The van der Waals surface area contributed by atoms with Gasteiger partial charge in [-0.05, 0) is 90.6 Å². The zero-order chi connectivity index (χ0) is 22.9. The first-order valence-corrected chi connectivity index (χ1v) is 13.1. The van der Waals surface area contributed by atoms with E-state index in [1.807, 2.05) is 24.3 Å². The van der Waals surface area contributed by atoms with E-state index < -0.39 is 0 Å². The van der Waals surface area contributed by atoms with E-state index in [0.717, 1.165) is 27.4 Å². The average molecular weight is 498 g/mol. The zero-order valence-corrected chi connectivity index (χ0v) is 21.0. The molecule has 0 atom stereocenters. The van der Waals surface area contributed by atoms with Crippen molar-refractivity contribution >= 4 is 15.9 Å². The van der Waals surface area contributed by atoms with Crippen LogP contribution in [0.2, 0.25) is 0 Å². The van der Waals surface area contributed by atoms with E-state index in [9.17, 15) is 0 Å². The number of hydrogen-bond donors (Lipinski definition) is 0. The summed E-state index contributed by atoms with van der Waals surface area (Å²) in [5.41, 5.74) is 6.04. The van der Waals surface area contributed by atoms with Crippen LogP contribution in [0, 0.1) is 23.7 Å². The molecule has 0 N–H and O–H groups in total. The molecule has 1 heteroatoms. The molecule has 0 amide bonds. The zero-order valence-electron chi connectivity index (χ0n) is 19.4. The predicted molar refractivity (Wildman–Crippen MR) is 145 cm³/mol. The smallest absolute Gasteiger partial charge is 0.0249 e. The first-order chi connectivity index (χ1) is 16.2. The fraction of sp³-hybridized carbons (Fsp3) is 0.312. The molecule has 0 saturated heterocycles. The van der Waals surface area contributed by atoms with E-state index in [-0.39, 0.29) is 0 Å². The maximum atomic E-state index is 3.87. The number of aryl methyl sites for hydroxylation is 1. The summed E-state index contributed by atoms with van der Waals surface area (Å²) in [6.45, 7) is 3.87. The first kappa shape index (κ1) is 23.6. The highest BCUT2D eigenvalue weighted by Gasteiger charge is 2.20. The normalized spacial score (nSPS) is 17.7. The Kier molecular flexibility index (Phi) is 8.62.